The third-order valence-corrected chi connectivity index (χ3v) is 5.93. The third kappa shape index (κ3) is 3.17. The standard InChI is InChI=1S/C20H24N8O2/c1-25-18-17(23-24-25)19(22-13-21-18)28-11-14(12-28)20(29)27-9-7-26(8-10-27)15-3-5-16(30-2)6-4-15/h3-6,13-14H,7-12H2,1-2H3. The number of methoxy groups -OCH3 is 1. The Bertz CT molecular complexity index is 1050. The van der Waals surface area contributed by atoms with Gasteiger partial charge >= 0.3 is 0 Å². The predicted molar refractivity (Wildman–Crippen MR) is 112 cm³/mol. The van der Waals surface area contributed by atoms with E-state index in [2.05, 4.69) is 42.2 Å². The molecular weight excluding hydrogens is 384 g/mol. The Morgan fingerprint density at radius 3 is 2.47 bits per heavy atom. The van der Waals surface area contributed by atoms with E-state index in [1.807, 2.05) is 17.0 Å². The molecule has 2 aromatic heterocycles. The lowest BCUT2D eigenvalue weighted by Crippen LogP contribution is -2.58. The van der Waals surface area contributed by atoms with Gasteiger partial charge in [-0.2, -0.15) is 0 Å². The minimum absolute atomic E-state index is 0.000719. The number of hydrogen-bond donors (Lipinski definition) is 0. The number of ether oxygens (including phenoxy) is 1. The molecule has 1 amide bonds. The SMILES string of the molecule is COc1ccc(N2CCN(C(=O)C3CN(c4ncnc5c4nnn5C)C3)CC2)cc1. The van der Waals surface area contributed by atoms with Gasteiger partial charge in [0.25, 0.3) is 0 Å². The fourth-order valence-corrected chi connectivity index (χ4v) is 4.12. The molecular formula is C20H24N8O2. The van der Waals surface area contributed by atoms with Crippen molar-refractivity contribution in [1.29, 1.82) is 0 Å². The number of aryl methyl sites for hydroxylation is 1. The second kappa shape index (κ2) is 7.43. The average Bonchev–Trinajstić information content (AvgIpc) is 3.14. The topological polar surface area (TPSA) is 92.5 Å². The molecule has 0 radical (unpaired) electrons. The summed E-state index contributed by atoms with van der Waals surface area (Å²) in [6.07, 6.45) is 1.52. The van der Waals surface area contributed by atoms with Crippen molar-refractivity contribution in [3.05, 3.63) is 30.6 Å². The molecule has 0 aliphatic carbocycles. The van der Waals surface area contributed by atoms with Gasteiger partial charge in [-0.25, -0.2) is 14.6 Å². The molecule has 10 heteroatoms. The predicted octanol–water partition coefficient (Wildman–Crippen LogP) is 0.552. The van der Waals surface area contributed by atoms with Crippen LogP contribution in [0.25, 0.3) is 11.2 Å². The summed E-state index contributed by atoms with van der Waals surface area (Å²) in [5.74, 6) is 1.83. The zero-order valence-corrected chi connectivity index (χ0v) is 17.1. The zero-order chi connectivity index (χ0) is 20.7. The Morgan fingerprint density at radius 2 is 1.77 bits per heavy atom. The highest BCUT2D eigenvalue weighted by atomic mass is 16.5. The maximum Gasteiger partial charge on any atom is 0.229 e. The summed E-state index contributed by atoms with van der Waals surface area (Å²) < 4.78 is 6.85. The zero-order valence-electron chi connectivity index (χ0n) is 17.1. The van der Waals surface area contributed by atoms with Gasteiger partial charge in [0.2, 0.25) is 5.91 Å². The largest absolute Gasteiger partial charge is 0.497 e. The number of carbonyl (C=O) groups excluding carboxylic acids is 1. The van der Waals surface area contributed by atoms with Gasteiger partial charge in [-0.3, -0.25) is 4.79 Å². The van der Waals surface area contributed by atoms with Crippen LogP contribution in [0.1, 0.15) is 0 Å². The number of carbonyl (C=O) groups is 1. The van der Waals surface area contributed by atoms with Gasteiger partial charge in [-0.15, -0.1) is 5.10 Å². The molecule has 4 heterocycles. The fraction of sp³-hybridized carbons (Fsp3) is 0.450. The van der Waals surface area contributed by atoms with E-state index in [0.717, 1.165) is 43.4 Å². The quantitative estimate of drug-likeness (QED) is 0.618. The van der Waals surface area contributed by atoms with E-state index in [-0.39, 0.29) is 11.8 Å². The van der Waals surface area contributed by atoms with Gasteiger partial charge < -0.3 is 19.4 Å². The summed E-state index contributed by atoms with van der Waals surface area (Å²) in [6.45, 7) is 4.45. The monoisotopic (exact) mass is 408 g/mol. The molecule has 2 aliphatic heterocycles. The van der Waals surface area contributed by atoms with Crippen molar-refractivity contribution in [3.63, 3.8) is 0 Å². The normalized spacial score (nSPS) is 17.3. The van der Waals surface area contributed by atoms with E-state index in [4.69, 9.17) is 4.74 Å². The Balaban J connectivity index is 1.17. The Morgan fingerprint density at radius 1 is 1.03 bits per heavy atom. The van der Waals surface area contributed by atoms with Crippen LogP contribution in [0.5, 0.6) is 5.75 Å². The summed E-state index contributed by atoms with van der Waals surface area (Å²) in [7, 11) is 3.47. The molecule has 1 aromatic carbocycles. The second-order valence-corrected chi connectivity index (χ2v) is 7.69. The van der Waals surface area contributed by atoms with Crippen molar-refractivity contribution in [3.8, 4) is 5.75 Å². The van der Waals surface area contributed by atoms with Crippen LogP contribution in [-0.4, -0.2) is 82.1 Å². The van der Waals surface area contributed by atoms with Crippen LogP contribution in [0.15, 0.2) is 30.6 Å². The van der Waals surface area contributed by atoms with Crippen molar-refractivity contribution in [2.45, 2.75) is 0 Å². The van der Waals surface area contributed by atoms with Crippen molar-refractivity contribution in [1.82, 2.24) is 29.9 Å². The number of aromatic nitrogens is 5. The molecule has 0 atom stereocenters. The number of hydrogen-bond acceptors (Lipinski definition) is 8. The van der Waals surface area contributed by atoms with E-state index in [0.29, 0.717) is 24.3 Å². The lowest BCUT2D eigenvalue weighted by molar-refractivity contribution is -0.136. The first-order valence-corrected chi connectivity index (χ1v) is 10.1. The number of anilines is 2. The molecule has 3 aromatic rings. The number of rotatable bonds is 4. The van der Waals surface area contributed by atoms with Crippen molar-refractivity contribution in [2.24, 2.45) is 13.0 Å². The van der Waals surface area contributed by atoms with Gasteiger partial charge in [0.05, 0.1) is 13.0 Å². The third-order valence-electron chi connectivity index (χ3n) is 5.93. The molecule has 0 N–H and O–H groups in total. The average molecular weight is 408 g/mol. The minimum atomic E-state index is -0.000719. The van der Waals surface area contributed by atoms with Crippen LogP contribution in [0, 0.1) is 5.92 Å². The highest BCUT2D eigenvalue weighted by molar-refractivity contribution is 5.86. The number of nitrogens with zero attached hydrogens (tertiary/aromatic N) is 8. The van der Waals surface area contributed by atoms with E-state index in [1.54, 1.807) is 18.8 Å². The molecule has 0 saturated carbocycles. The van der Waals surface area contributed by atoms with Crippen molar-refractivity contribution >= 4 is 28.6 Å². The van der Waals surface area contributed by atoms with E-state index >= 15 is 0 Å². The molecule has 5 rings (SSSR count). The highest BCUT2D eigenvalue weighted by Crippen LogP contribution is 2.29. The Hall–Kier alpha value is -3.43. The summed E-state index contributed by atoms with van der Waals surface area (Å²) >= 11 is 0. The first-order valence-electron chi connectivity index (χ1n) is 10.1. The van der Waals surface area contributed by atoms with Crippen LogP contribution in [0.4, 0.5) is 11.5 Å². The Kier molecular flexibility index (Phi) is 4.61. The molecule has 2 saturated heterocycles. The van der Waals surface area contributed by atoms with E-state index < -0.39 is 0 Å². The molecule has 156 valence electrons. The van der Waals surface area contributed by atoms with Crippen LogP contribution < -0.4 is 14.5 Å². The molecule has 30 heavy (non-hydrogen) atoms. The highest BCUT2D eigenvalue weighted by Gasteiger charge is 2.38. The van der Waals surface area contributed by atoms with Crippen molar-refractivity contribution < 1.29 is 9.53 Å². The van der Waals surface area contributed by atoms with Crippen LogP contribution in [0.2, 0.25) is 0 Å². The van der Waals surface area contributed by atoms with Crippen LogP contribution in [0.3, 0.4) is 0 Å². The first kappa shape index (κ1) is 18.6. The van der Waals surface area contributed by atoms with Gasteiger partial charge in [-0.05, 0) is 24.3 Å². The maximum absolute atomic E-state index is 13.0. The number of fused-ring (bicyclic) bond motifs is 1. The van der Waals surface area contributed by atoms with Crippen LogP contribution in [-0.2, 0) is 11.8 Å². The smallest absolute Gasteiger partial charge is 0.229 e. The van der Waals surface area contributed by atoms with E-state index in [9.17, 15) is 4.79 Å². The van der Waals surface area contributed by atoms with Gasteiger partial charge in [0, 0.05) is 52.0 Å². The fourth-order valence-electron chi connectivity index (χ4n) is 4.12. The number of benzene rings is 1. The van der Waals surface area contributed by atoms with Gasteiger partial charge in [-0.1, -0.05) is 5.21 Å². The summed E-state index contributed by atoms with van der Waals surface area (Å²) in [5, 5.41) is 8.18. The minimum Gasteiger partial charge on any atom is -0.497 e. The summed E-state index contributed by atoms with van der Waals surface area (Å²) in [5.41, 5.74) is 2.54. The lowest BCUT2D eigenvalue weighted by Gasteiger charge is -2.43. The molecule has 0 bridgehead atoms. The number of amides is 1. The summed E-state index contributed by atoms with van der Waals surface area (Å²) in [4.78, 5) is 27.9. The Labute approximate surface area is 174 Å². The van der Waals surface area contributed by atoms with Crippen molar-refractivity contribution in [2.75, 3.05) is 56.2 Å². The maximum atomic E-state index is 13.0. The summed E-state index contributed by atoms with van der Waals surface area (Å²) in [6, 6.07) is 8.07. The molecule has 0 unspecified atom stereocenters. The second-order valence-electron chi connectivity index (χ2n) is 7.69. The lowest BCUT2D eigenvalue weighted by atomic mass is 9.98. The van der Waals surface area contributed by atoms with Crippen LogP contribution >= 0.6 is 0 Å². The van der Waals surface area contributed by atoms with Gasteiger partial charge in [0.15, 0.2) is 17.0 Å². The molecule has 10 nitrogen and oxygen atoms in total. The molecule has 2 fully saturated rings. The van der Waals surface area contributed by atoms with Gasteiger partial charge in [0.1, 0.15) is 12.1 Å². The molecule has 0 spiro atoms. The molecule has 2 aliphatic rings. The number of piperazine rings is 1. The van der Waals surface area contributed by atoms with E-state index in [1.165, 1.54) is 6.33 Å². The first-order chi connectivity index (χ1) is 14.6.